The molecule has 0 fully saturated rings. The molecule has 21 heavy (non-hydrogen) atoms. The van der Waals surface area contributed by atoms with E-state index in [0.29, 0.717) is 0 Å². The number of aliphatic hydroxyl groups excluding tert-OH is 1. The molecular weight excluding hydrogens is 310 g/mol. The fourth-order valence-corrected chi connectivity index (χ4v) is 1.78. The lowest BCUT2D eigenvalue weighted by Crippen LogP contribution is -2.27. The van der Waals surface area contributed by atoms with Crippen LogP contribution < -0.4 is 5.32 Å². The Balaban J connectivity index is 2.58. The van der Waals surface area contributed by atoms with Gasteiger partial charge < -0.3 is 10.4 Å². The van der Waals surface area contributed by atoms with Crippen LogP contribution in [0.1, 0.15) is 15.9 Å². The number of carbonyl (C=O) groups is 1. The quantitative estimate of drug-likeness (QED) is 0.507. The van der Waals surface area contributed by atoms with Crippen LogP contribution in [0.3, 0.4) is 0 Å². The summed E-state index contributed by atoms with van der Waals surface area (Å²) in [5.74, 6) is 2.82. The van der Waals surface area contributed by atoms with E-state index < -0.39 is 17.2 Å². The number of rotatable bonds is 4. The Kier molecular flexibility index (Phi) is 6.52. The number of nitrogens with one attached hydrogen (secondary N) is 1. The standard InChI is InChI=1S/C13H11F4NO2S/c14-11-8-9(2-1-6-19)3-4-10(11)12(20)18-5-7-21-13(15,16)17/h3-4,8,19H,5-7H2,(H,18,20). The zero-order valence-corrected chi connectivity index (χ0v) is 11.4. The molecule has 0 saturated carbocycles. The van der Waals surface area contributed by atoms with Crippen LogP contribution in [-0.4, -0.2) is 35.4 Å². The Morgan fingerprint density at radius 2 is 2.10 bits per heavy atom. The van der Waals surface area contributed by atoms with Crippen molar-refractivity contribution < 1.29 is 27.5 Å². The van der Waals surface area contributed by atoms with Crippen molar-refractivity contribution in [2.75, 3.05) is 18.9 Å². The molecule has 0 radical (unpaired) electrons. The predicted octanol–water partition coefficient (Wildman–Crippen LogP) is 2.15. The molecule has 0 aliphatic carbocycles. The number of benzene rings is 1. The SMILES string of the molecule is O=C(NCCSC(F)(F)F)c1ccc(C#CCO)cc1F. The van der Waals surface area contributed by atoms with Gasteiger partial charge in [-0.05, 0) is 30.0 Å². The van der Waals surface area contributed by atoms with Gasteiger partial charge in [0.2, 0.25) is 0 Å². The first-order valence-electron chi connectivity index (χ1n) is 5.71. The van der Waals surface area contributed by atoms with Crippen LogP contribution in [0.5, 0.6) is 0 Å². The summed E-state index contributed by atoms with van der Waals surface area (Å²) in [5, 5.41) is 10.7. The molecule has 0 bridgehead atoms. The zero-order valence-electron chi connectivity index (χ0n) is 10.6. The van der Waals surface area contributed by atoms with Gasteiger partial charge in [0.25, 0.3) is 5.91 Å². The van der Waals surface area contributed by atoms with E-state index in [1.54, 1.807) is 0 Å². The molecule has 114 valence electrons. The first kappa shape index (κ1) is 17.3. The minimum atomic E-state index is -4.36. The fourth-order valence-electron chi connectivity index (χ4n) is 1.35. The molecule has 3 nitrogen and oxygen atoms in total. The lowest BCUT2D eigenvalue weighted by molar-refractivity contribution is -0.0327. The average molecular weight is 321 g/mol. The number of carbonyl (C=O) groups excluding carboxylic acids is 1. The molecule has 0 heterocycles. The average Bonchev–Trinajstić information content (AvgIpc) is 2.40. The van der Waals surface area contributed by atoms with Gasteiger partial charge >= 0.3 is 5.51 Å². The third kappa shape index (κ3) is 6.51. The van der Waals surface area contributed by atoms with Crippen molar-refractivity contribution in [3.8, 4) is 11.8 Å². The van der Waals surface area contributed by atoms with Crippen molar-refractivity contribution in [3.63, 3.8) is 0 Å². The van der Waals surface area contributed by atoms with E-state index in [1.807, 2.05) is 0 Å². The first-order valence-corrected chi connectivity index (χ1v) is 6.70. The van der Waals surface area contributed by atoms with Crippen molar-refractivity contribution in [2.45, 2.75) is 5.51 Å². The Bertz CT molecular complexity index is 564. The number of hydrogen-bond donors (Lipinski definition) is 2. The van der Waals surface area contributed by atoms with Gasteiger partial charge in [0, 0.05) is 17.9 Å². The second kappa shape index (κ2) is 7.90. The predicted molar refractivity (Wildman–Crippen MR) is 71.2 cm³/mol. The number of alkyl halides is 3. The Morgan fingerprint density at radius 3 is 2.67 bits per heavy atom. The molecule has 0 atom stereocenters. The third-order valence-corrected chi connectivity index (χ3v) is 2.91. The van der Waals surface area contributed by atoms with Crippen LogP contribution in [0, 0.1) is 17.7 Å². The number of thioether (sulfide) groups is 1. The second-order valence-corrected chi connectivity index (χ2v) is 4.86. The van der Waals surface area contributed by atoms with Gasteiger partial charge in [-0.1, -0.05) is 11.8 Å². The molecule has 1 rings (SSSR count). The zero-order chi connectivity index (χ0) is 15.9. The molecule has 0 unspecified atom stereocenters. The molecule has 1 aromatic carbocycles. The van der Waals surface area contributed by atoms with Crippen LogP contribution in [0.15, 0.2) is 18.2 Å². The molecule has 0 spiro atoms. The Morgan fingerprint density at radius 1 is 1.38 bits per heavy atom. The maximum Gasteiger partial charge on any atom is 0.441 e. The van der Waals surface area contributed by atoms with E-state index in [4.69, 9.17) is 5.11 Å². The van der Waals surface area contributed by atoms with Crippen molar-refractivity contribution in [3.05, 3.63) is 35.1 Å². The van der Waals surface area contributed by atoms with E-state index in [-0.39, 0.29) is 41.8 Å². The number of aliphatic hydroxyl groups is 1. The Hall–Kier alpha value is -1.72. The van der Waals surface area contributed by atoms with Crippen molar-refractivity contribution in [1.82, 2.24) is 5.32 Å². The molecule has 1 aromatic rings. The van der Waals surface area contributed by atoms with Crippen molar-refractivity contribution >= 4 is 17.7 Å². The molecule has 2 N–H and O–H groups in total. The van der Waals surface area contributed by atoms with Gasteiger partial charge in [0.15, 0.2) is 0 Å². The van der Waals surface area contributed by atoms with Gasteiger partial charge in [-0.25, -0.2) is 4.39 Å². The highest BCUT2D eigenvalue weighted by molar-refractivity contribution is 8.00. The number of amides is 1. The highest BCUT2D eigenvalue weighted by atomic mass is 32.2. The van der Waals surface area contributed by atoms with Crippen LogP contribution in [0.2, 0.25) is 0 Å². The minimum Gasteiger partial charge on any atom is -0.384 e. The molecule has 0 aromatic heterocycles. The summed E-state index contributed by atoms with van der Waals surface area (Å²) >= 11 is -0.264. The van der Waals surface area contributed by atoms with Crippen molar-refractivity contribution in [1.29, 1.82) is 0 Å². The van der Waals surface area contributed by atoms with Gasteiger partial charge in [-0.3, -0.25) is 4.79 Å². The maximum atomic E-state index is 13.6. The van der Waals surface area contributed by atoms with Crippen LogP contribution >= 0.6 is 11.8 Å². The maximum absolute atomic E-state index is 13.6. The lowest BCUT2D eigenvalue weighted by atomic mass is 10.1. The highest BCUT2D eigenvalue weighted by Gasteiger charge is 2.27. The molecule has 0 saturated heterocycles. The minimum absolute atomic E-state index is 0.228. The van der Waals surface area contributed by atoms with Gasteiger partial charge in [0.05, 0.1) is 5.56 Å². The Labute approximate surface area is 122 Å². The normalized spacial score (nSPS) is 10.7. The van der Waals surface area contributed by atoms with Crippen LogP contribution in [-0.2, 0) is 0 Å². The summed E-state index contributed by atoms with van der Waals surface area (Å²) < 4.78 is 49.3. The summed E-state index contributed by atoms with van der Waals surface area (Å²) in [4.78, 5) is 11.6. The van der Waals surface area contributed by atoms with E-state index >= 15 is 0 Å². The fraction of sp³-hybridized carbons (Fsp3) is 0.308. The largest absolute Gasteiger partial charge is 0.441 e. The summed E-state index contributed by atoms with van der Waals surface area (Å²) in [7, 11) is 0. The summed E-state index contributed by atoms with van der Waals surface area (Å²) in [6.07, 6.45) is 0. The van der Waals surface area contributed by atoms with Crippen molar-refractivity contribution in [2.24, 2.45) is 0 Å². The molecule has 1 amide bonds. The topological polar surface area (TPSA) is 49.3 Å². The van der Waals surface area contributed by atoms with Gasteiger partial charge in [-0.15, -0.1) is 0 Å². The second-order valence-electron chi connectivity index (χ2n) is 3.70. The van der Waals surface area contributed by atoms with Crippen LogP contribution in [0.4, 0.5) is 17.6 Å². The van der Waals surface area contributed by atoms with E-state index in [2.05, 4.69) is 17.2 Å². The molecule has 0 aliphatic heterocycles. The third-order valence-electron chi connectivity index (χ3n) is 2.18. The number of halogens is 4. The molecule has 0 aliphatic rings. The van der Waals surface area contributed by atoms with E-state index in [9.17, 15) is 22.4 Å². The first-order chi connectivity index (χ1) is 9.83. The lowest BCUT2D eigenvalue weighted by Gasteiger charge is -2.08. The molecule has 8 heteroatoms. The summed E-state index contributed by atoms with van der Waals surface area (Å²) in [6, 6.07) is 3.58. The summed E-state index contributed by atoms with van der Waals surface area (Å²) in [5.41, 5.74) is -4.35. The van der Waals surface area contributed by atoms with Gasteiger partial charge in [-0.2, -0.15) is 13.2 Å². The van der Waals surface area contributed by atoms with E-state index in [0.717, 1.165) is 6.07 Å². The highest BCUT2D eigenvalue weighted by Crippen LogP contribution is 2.29. The van der Waals surface area contributed by atoms with Crippen LogP contribution in [0.25, 0.3) is 0 Å². The van der Waals surface area contributed by atoms with Gasteiger partial charge in [0.1, 0.15) is 12.4 Å². The van der Waals surface area contributed by atoms with E-state index in [1.165, 1.54) is 12.1 Å². The molecular formula is C13H11F4NO2S. The monoisotopic (exact) mass is 321 g/mol. The smallest absolute Gasteiger partial charge is 0.384 e. The summed E-state index contributed by atoms with van der Waals surface area (Å²) in [6.45, 7) is -0.602. The number of hydrogen-bond acceptors (Lipinski definition) is 3.